The van der Waals surface area contributed by atoms with Crippen molar-refractivity contribution in [1.82, 2.24) is 5.43 Å². The summed E-state index contributed by atoms with van der Waals surface area (Å²) < 4.78 is 6.32. The number of ether oxygens (including phenoxy) is 1. The topological polar surface area (TPSA) is 33.6 Å². The van der Waals surface area contributed by atoms with E-state index in [0.29, 0.717) is 6.54 Å². The van der Waals surface area contributed by atoms with Gasteiger partial charge in [0.25, 0.3) is 0 Å². The van der Waals surface area contributed by atoms with Crippen molar-refractivity contribution in [2.45, 2.75) is 6.54 Å². The molecule has 2 aromatic rings. The van der Waals surface area contributed by atoms with E-state index < -0.39 is 0 Å². The van der Waals surface area contributed by atoms with Gasteiger partial charge in [0, 0.05) is 10.0 Å². The number of benzene rings is 2. The van der Waals surface area contributed by atoms with Crippen molar-refractivity contribution in [2.24, 2.45) is 5.10 Å². The highest BCUT2D eigenvalue weighted by Crippen LogP contribution is 2.16. The quantitative estimate of drug-likeness (QED) is 0.675. The zero-order valence-corrected chi connectivity index (χ0v) is 12.2. The van der Waals surface area contributed by atoms with Gasteiger partial charge >= 0.3 is 0 Å². The second kappa shape index (κ2) is 6.95. The van der Waals surface area contributed by atoms with Crippen LogP contribution >= 0.6 is 15.9 Å². The van der Waals surface area contributed by atoms with Crippen LogP contribution in [0.15, 0.2) is 58.1 Å². The molecule has 0 aromatic heterocycles. The number of methoxy groups -OCH3 is 1. The third kappa shape index (κ3) is 4.10. The van der Waals surface area contributed by atoms with Crippen LogP contribution in [-0.4, -0.2) is 13.3 Å². The fraction of sp³-hybridized carbons (Fsp3) is 0.133. The van der Waals surface area contributed by atoms with Crippen molar-refractivity contribution >= 4 is 22.1 Å². The number of hydrogen-bond donors (Lipinski definition) is 1. The molecule has 0 saturated heterocycles. The number of nitrogens with zero attached hydrogens (tertiary/aromatic N) is 1. The molecule has 0 bridgehead atoms. The van der Waals surface area contributed by atoms with Crippen molar-refractivity contribution in [3.8, 4) is 5.75 Å². The Morgan fingerprint density at radius 1 is 1.21 bits per heavy atom. The standard InChI is InChI=1S/C15H15BrN2O/c1-19-15-8-3-2-6-13(15)11-18-17-10-12-5-4-7-14(16)9-12/h2-10,18H,11H2,1H3/b17-10-. The Morgan fingerprint density at radius 2 is 2.05 bits per heavy atom. The van der Waals surface area contributed by atoms with E-state index in [1.807, 2.05) is 48.5 Å². The van der Waals surface area contributed by atoms with Gasteiger partial charge in [0.2, 0.25) is 0 Å². The summed E-state index contributed by atoms with van der Waals surface area (Å²) in [7, 11) is 1.67. The van der Waals surface area contributed by atoms with Crippen molar-refractivity contribution in [3.05, 3.63) is 64.1 Å². The fourth-order valence-electron chi connectivity index (χ4n) is 1.69. The van der Waals surface area contributed by atoms with E-state index >= 15 is 0 Å². The Balaban J connectivity index is 1.93. The highest BCUT2D eigenvalue weighted by Gasteiger charge is 1.99. The first kappa shape index (κ1) is 13.6. The number of rotatable bonds is 5. The van der Waals surface area contributed by atoms with E-state index in [9.17, 15) is 0 Å². The van der Waals surface area contributed by atoms with E-state index in [1.54, 1.807) is 13.3 Å². The molecule has 0 spiro atoms. The zero-order chi connectivity index (χ0) is 13.5. The Kier molecular flexibility index (Phi) is 4.98. The molecule has 2 rings (SSSR count). The molecule has 4 heteroatoms. The maximum atomic E-state index is 5.28. The fourth-order valence-corrected chi connectivity index (χ4v) is 2.10. The minimum Gasteiger partial charge on any atom is -0.496 e. The smallest absolute Gasteiger partial charge is 0.123 e. The largest absolute Gasteiger partial charge is 0.496 e. The molecule has 3 nitrogen and oxygen atoms in total. The predicted octanol–water partition coefficient (Wildman–Crippen LogP) is 3.58. The summed E-state index contributed by atoms with van der Waals surface area (Å²) in [5.41, 5.74) is 5.14. The van der Waals surface area contributed by atoms with E-state index in [0.717, 1.165) is 21.3 Å². The van der Waals surface area contributed by atoms with Crippen molar-refractivity contribution in [2.75, 3.05) is 7.11 Å². The number of nitrogens with one attached hydrogen (secondary N) is 1. The Bertz CT molecular complexity index is 570. The molecule has 0 heterocycles. The summed E-state index contributed by atoms with van der Waals surface area (Å²) in [4.78, 5) is 0. The van der Waals surface area contributed by atoms with E-state index in [4.69, 9.17) is 4.74 Å². The van der Waals surface area contributed by atoms with Crippen LogP contribution < -0.4 is 10.2 Å². The van der Waals surface area contributed by atoms with E-state index in [2.05, 4.69) is 26.5 Å². The second-order valence-electron chi connectivity index (χ2n) is 3.96. The van der Waals surface area contributed by atoms with Crippen LogP contribution in [0, 0.1) is 0 Å². The minimum atomic E-state index is 0.633. The SMILES string of the molecule is COc1ccccc1CN/N=C\c1cccc(Br)c1. The lowest BCUT2D eigenvalue weighted by Gasteiger charge is -2.07. The molecule has 0 aliphatic heterocycles. The number of para-hydroxylation sites is 1. The van der Waals surface area contributed by atoms with Crippen LogP contribution in [0.5, 0.6) is 5.75 Å². The molecule has 0 saturated carbocycles. The van der Waals surface area contributed by atoms with Crippen LogP contribution in [0.3, 0.4) is 0 Å². The highest BCUT2D eigenvalue weighted by molar-refractivity contribution is 9.10. The highest BCUT2D eigenvalue weighted by atomic mass is 79.9. The molecule has 0 amide bonds. The molecular formula is C15H15BrN2O. The number of hydrazone groups is 1. The van der Waals surface area contributed by atoms with Gasteiger partial charge in [-0.15, -0.1) is 0 Å². The van der Waals surface area contributed by atoms with Crippen LogP contribution in [0.2, 0.25) is 0 Å². The van der Waals surface area contributed by atoms with Crippen LogP contribution in [0.1, 0.15) is 11.1 Å². The van der Waals surface area contributed by atoms with Gasteiger partial charge < -0.3 is 10.2 Å². The van der Waals surface area contributed by atoms with Crippen molar-refractivity contribution in [3.63, 3.8) is 0 Å². The summed E-state index contributed by atoms with van der Waals surface area (Å²) in [6.45, 7) is 0.633. The molecule has 1 N–H and O–H groups in total. The number of halogens is 1. The summed E-state index contributed by atoms with van der Waals surface area (Å²) in [5.74, 6) is 0.868. The lowest BCUT2D eigenvalue weighted by molar-refractivity contribution is 0.408. The Labute approximate surface area is 121 Å². The molecular weight excluding hydrogens is 304 g/mol. The lowest BCUT2D eigenvalue weighted by atomic mass is 10.2. The molecule has 19 heavy (non-hydrogen) atoms. The molecule has 0 radical (unpaired) electrons. The van der Waals surface area contributed by atoms with E-state index in [1.165, 1.54) is 0 Å². The molecule has 0 atom stereocenters. The molecule has 0 unspecified atom stereocenters. The summed E-state index contributed by atoms with van der Waals surface area (Å²) in [6.07, 6.45) is 1.79. The van der Waals surface area contributed by atoms with Crippen LogP contribution in [0.4, 0.5) is 0 Å². The zero-order valence-electron chi connectivity index (χ0n) is 10.6. The molecule has 98 valence electrons. The van der Waals surface area contributed by atoms with Crippen molar-refractivity contribution < 1.29 is 4.74 Å². The minimum absolute atomic E-state index is 0.633. The van der Waals surface area contributed by atoms with Gasteiger partial charge in [-0.2, -0.15) is 5.10 Å². The first-order valence-corrected chi connectivity index (χ1v) is 6.72. The van der Waals surface area contributed by atoms with Gasteiger partial charge in [0.05, 0.1) is 19.9 Å². The summed E-state index contributed by atoms with van der Waals surface area (Å²) >= 11 is 3.43. The van der Waals surface area contributed by atoms with Gasteiger partial charge in [-0.1, -0.05) is 46.3 Å². The van der Waals surface area contributed by atoms with E-state index in [-0.39, 0.29) is 0 Å². The first-order valence-electron chi connectivity index (χ1n) is 5.93. The molecule has 0 aliphatic carbocycles. The Morgan fingerprint density at radius 3 is 2.84 bits per heavy atom. The van der Waals surface area contributed by atoms with Gasteiger partial charge in [-0.25, -0.2) is 0 Å². The average Bonchev–Trinajstić information content (AvgIpc) is 2.44. The van der Waals surface area contributed by atoms with Gasteiger partial charge in [0.15, 0.2) is 0 Å². The first-order chi connectivity index (χ1) is 9.29. The third-order valence-corrected chi connectivity index (χ3v) is 3.11. The molecule has 2 aromatic carbocycles. The van der Waals surface area contributed by atoms with Gasteiger partial charge in [0.1, 0.15) is 5.75 Å². The predicted molar refractivity (Wildman–Crippen MR) is 81.6 cm³/mol. The normalized spacial score (nSPS) is 10.6. The van der Waals surface area contributed by atoms with Crippen LogP contribution in [-0.2, 0) is 6.54 Å². The number of hydrogen-bond acceptors (Lipinski definition) is 3. The maximum absolute atomic E-state index is 5.28. The maximum Gasteiger partial charge on any atom is 0.123 e. The lowest BCUT2D eigenvalue weighted by Crippen LogP contribution is -2.06. The van der Waals surface area contributed by atoms with Gasteiger partial charge in [-0.3, -0.25) is 0 Å². The molecule has 0 aliphatic rings. The Hall–Kier alpha value is -1.81. The second-order valence-corrected chi connectivity index (χ2v) is 4.88. The van der Waals surface area contributed by atoms with Crippen LogP contribution in [0.25, 0.3) is 0 Å². The molecule has 0 fully saturated rings. The third-order valence-electron chi connectivity index (χ3n) is 2.62. The monoisotopic (exact) mass is 318 g/mol. The average molecular weight is 319 g/mol. The summed E-state index contributed by atoms with van der Waals surface area (Å²) in [6, 6.07) is 15.9. The van der Waals surface area contributed by atoms with Crippen molar-refractivity contribution in [1.29, 1.82) is 0 Å². The van der Waals surface area contributed by atoms with Gasteiger partial charge in [-0.05, 0) is 23.8 Å². The summed E-state index contributed by atoms with van der Waals surface area (Å²) in [5, 5.41) is 4.20.